The van der Waals surface area contributed by atoms with Crippen LogP contribution in [0.2, 0.25) is 0 Å². The lowest BCUT2D eigenvalue weighted by Gasteiger charge is -2.18. The second-order valence-electron chi connectivity index (χ2n) is 3.87. The Bertz CT molecular complexity index is 289. The standard InChI is InChI=1S/C10H17N3S/c1-7(11)8-6-12-10(13-8)9-4-2-3-5-14-9/h6-7,9H,2-5,11H2,1H3,(H,12,13). The highest BCUT2D eigenvalue weighted by molar-refractivity contribution is 7.99. The third-order valence-electron chi connectivity index (χ3n) is 2.59. The van der Waals surface area contributed by atoms with E-state index in [0.29, 0.717) is 5.25 Å². The zero-order valence-electron chi connectivity index (χ0n) is 8.49. The molecular formula is C10H17N3S. The number of hydrogen-bond donors (Lipinski definition) is 2. The Hall–Kier alpha value is -0.480. The maximum Gasteiger partial charge on any atom is 0.119 e. The number of nitrogens with zero attached hydrogens (tertiary/aromatic N) is 1. The third kappa shape index (κ3) is 2.12. The molecule has 0 amide bonds. The van der Waals surface area contributed by atoms with E-state index in [4.69, 9.17) is 5.73 Å². The summed E-state index contributed by atoms with van der Waals surface area (Å²) in [6, 6.07) is 0.0600. The van der Waals surface area contributed by atoms with Crippen molar-refractivity contribution in [3.8, 4) is 0 Å². The van der Waals surface area contributed by atoms with E-state index in [0.717, 1.165) is 11.5 Å². The molecule has 0 aromatic carbocycles. The van der Waals surface area contributed by atoms with Crippen molar-refractivity contribution in [2.45, 2.75) is 37.5 Å². The summed E-state index contributed by atoms with van der Waals surface area (Å²) in [6.45, 7) is 1.98. The molecular weight excluding hydrogens is 194 g/mol. The normalized spacial score (nSPS) is 24.9. The molecule has 3 nitrogen and oxygen atoms in total. The summed E-state index contributed by atoms with van der Waals surface area (Å²) < 4.78 is 0. The molecule has 1 saturated heterocycles. The molecule has 2 atom stereocenters. The van der Waals surface area contributed by atoms with Gasteiger partial charge in [0, 0.05) is 12.2 Å². The van der Waals surface area contributed by atoms with Gasteiger partial charge in [0.25, 0.3) is 0 Å². The predicted octanol–water partition coefficient (Wildman–Crippen LogP) is 2.39. The number of nitrogens with two attached hydrogens (primary N) is 1. The fourth-order valence-corrected chi connectivity index (χ4v) is 2.97. The van der Waals surface area contributed by atoms with E-state index in [1.807, 2.05) is 24.9 Å². The highest BCUT2D eigenvalue weighted by Crippen LogP contribution is 2.36. The molecule has 1 aromatic rings. The summed E-state index contributed by atoms with van der Waals surface area (Å²) in [5.41, 5.74) is 6.83. The van der Waals surface area contributed by atoms with E-state index in [9.17, 15) is 0 Å². The van der Waals surface area contributed by atoms with E-state index < -0.39 is 0 Å². The topological polar surface area (TPSA) is 54.7 Å². The Morgan fingerprint density at radius 3 is 3.07 bits per heavy atom. The first-order valence-electron chi connectivity index (χ1n) is 5.19. The molecule has 1 aromatic heterocycles. The molecule has 0 radical (unpaired) electrons. The van der Waals surface area contributed by atoms with Crippen molar-refractivity contribution < 1.29 is 0 Å². The van der Waals surface area contributed by atoms with Crippen molar-refractivity contribution in [3.05, 3.63) is 17.7 Å². The molecule has 2 unspecified atom stereocenters. The van der Waals surface area contributed by atoms with Gasteiger partial charge in [-0.15, -0.1) is 0 Å². The summed E-state index contributed by atoms with van der Waals surface area (Å²) in [7, 11) is 0. The van der Waals surface area contributed by atoms with Crippen molar-refractivity contribution >= 4 is 11.8 Å². The molecule has 0 aliphatic carbocycles. The number of imidazole rings is 1. The Kier molecular flexibility index (Phi) is 3.13. The second kappa shape index (κ2) is 4.36. The first-order valence-corrected chi connectivity index (χ1v) is 6.24. The number of thioether (sulfide) groups is 1. The van der Waals surface area contributed by atoms with Gasteiger partial charge in [0.2, 0.25) is 0 Å². The van der Waals surface area contributed by atoms with Gasteiger partial charge in [-0.1, -0.05) is 6.42 Å². The van der Waals surface area contributed by atoms with Crippen LogP contribution in [-0.2, 0) is 0 Å². The Morgan fingerprint density at radius 2 is 2.50 bits per heavy atom. The van der Waals surface area contributed by atoms with Gasteiger partial charge in [0.05, 0.1) is 10.9 Å². The van der Waals surface area contributed by atoms with Gasteiger partial charge >= 0.3 is 0 Å². The number of H-pyrrole nitrogens is 1. The molecule has 0 saturated carbocycles. The molecule has 1 aliphatic rings. The van der Waals surface area contributed by atoms with Crippen molar-refractivity contribution in [3.63, 3.8) is 0 Å². The van der Waals surface area contributed by atoms with Gasteiger partial charge < -0.3 is 10.7 Å². The van der Waals surface area contributed by atoms with Gasteiger partial charge in [-0.25, -0.2) is 4.98 Å². The van der Waals surface area contributed by atoms with E-state index in [1.165, 1.54) is 25.0 Å². The SMILES string of the molecule is CC(N)c1cnc(C2CCCCS2)[nH]1. The average Bonchev–Trinajstić information content (AvgIpc) is 2.68. The zero-order chi connectivity index (χ0) is 9.97. The molecule has 2 heterocycles. The minimum absolute atomic E-state index is 0.0600. The summed E-state index contributed by atoms with van der Waals surface area (Å²) in [5, 5.41) is 0.566. The summed E-state index contributed by atoms with van der Waals surface area (Å²) in [6.07, 6.45) is 5.79. The van der Waals surface area contributed by atoms with Crippen LogP contribution in [0, 0.1) is 0 Å². The van der Waals surface area contributed by atoms with Crippen LogP contribution in [0.3, 0.4) is 0 Å². The van der Waals surface area contributed by atoms with Gasteiger partial charge in [0.1, 0.15) is 5.82 Å². The maximum atomic E-state index is 5.78. The minimum Gasteiger partial charge on any atom is -0.344 e. The summed E-state index contributed by atoms with van der Waals surface area (Å²) in [5.74, 6) is 2.38. The number of nitrogens with one attached hydrogen (secondary N) is 1. The van der Waals surface area contributed by atoms with Gasteiger partial charge in [-0.3, -0.25) is 0 Å². The quantitative estimate of drug-likeness (QED) is 0.789. The molecule has 0 bridgehead atoms. The van der Waals surface area contributed by atoms with Crippen LogP contribution in [-0.4, -0.2) is 15.7 Å². The number of rotatable bonds is 2. The van der Waals surface area contributed by atoms with Crippen LogP contribution < -0.4 is 5.73 Å². The van der Waals surface area contributed by atoms with E-state index >= 15 is 0 Å². The third-order valence-corrected chi connectivity index (χ3v) is 3.98. The van der Waals surface area contributed by atoms with Crippen LogP contribution in [0.5, 0.6) is 0 Å². The monoisotopic (exact) mass is 211 g/mol. The van der Waals surface area contributed by atoms with Crippen molar-refractivity contribution in [1.82, 2.24) is 9.97 Å². The van der Waals surface area contributed by atoms with Crippen molar-refractivity contribution in [2.24, 2.45) is 5.73 Å². The molecule has 78 valence electrons. The van der Waals surface area contributed by atoms with Crippen LogP contribution in [0.1, 0.15) is 49.0 Å². The van der Waals surface area contributed by atoms with Crippen LogP contribution in [0.15, 0.2) is 6.20 Å². The molecule has 3 N–H and O–H groups in total. The Balaban J connectivity index is 2.07. The second-order valence-corrected chi connectivity index (χ2v) is 5.18. The number of hydrogen-bond acceptors (Lipinski definition) is 3. The molecule has 0 spiro atoms. The maximum absolute atomic E-state index is 5.78. The lowest BCUT2D eigenvalue weighted by Crippen LogP contribution is -2.07. The molecule has 4 heteroatoms. The Labute approximate surface area is 88.9 Å². The predicted molar refractivity (Wildman–Crippen MR) is 60.2 cm³/mol. The largest absolute Gasteiger partial charge is 0.344 e. The average molecular weight is 211 g/mol. The minimum atomic E-state index is 0.0600. The van der Waals surface area contributed by atoms with Crippen molar-refractivity contribution in [2.75, 3.05) is 5.75 Å². The van der Waals surface area contributed by atoms with E-state index in [1.54, 1.807) is 0 Å². The fraction of sp³-hybridized carbons (Fsp3) is 0.700. The highest BCUT2D eigenvalue weighted by atomic mass is 32.2. The smallest absolute Gasteiger partial charge is 0.119 e. The molecule has 2 rings (SSSR count). The summed E-state index contributed by atoms with van der Waals surface area (Å²) in [4.78, 5) is 7.73. The Morgan fingerprint density at radius 1 is 1.64 bits per heavy atom. The fourth-order valence-electron chi connectivity index (χ4n) is 1.70. The molecule has 1 fully saturated rings. The van der Waals surface area contributed by atoms with Crippen molar-refractivity contribution in [1.29, 1.82) is 0 Å². The zero-order valence-corrected chi connectivity index (χ0v) is 9.31. The van der Waals surface area contributed by atoms with Gasteiger partial charge in [-0.05, 0) is 25.5 Å². The van der Waals surface area contributed by atoms with Crippen LogP contribution in [0.25, 0.3) is 0 Å². The first kappa shape index (κ1) is 10.1. The van der Waals surface area contributed by atoms with Crippen LogP contribution >= 0.6 is 11.8 Å². The number of aromatic amines is 1. The van der Waals surface area contributed by atoms with Gasteiger partial charge in [-0.2, -0.15) is 11.8 Å². The number of aromatic nitrogens is 2. The molecule has 1 aliphatic heterocycles. The molecule has 14 heavy (non-hydrogen) atoms. The van der Waals surface area contributed by atoms with Gasteiger partial charge in [0.15, 0.2) is 0 Å². The van der Waals surface area contributed by atoms with E-state index in [-0.39, 0.29) is 6.04 Å². The van der Waals surface area contributed by atoms with Crippen LogP contribution in [0.4, 0.5) is 0 Å². The highest BCUT2D eigenvalue weighted by Gasteiger charge is 2.19. The first-order chi connectivity index (χ1) is 6.77. The lowest BCUT2D eigenvalue weighted by atomic mass is 10.2. The van der Waals surface area contributed by atoms with E-state index in [2.05, 4.69) is 9.97 Å². The lowest BCUT2D eigenvalue weighted by molar-refractivity contribution is 0.664. The summed E-state index contributed by atoms with van der Waals surface area (Å²) >= 11 is 2.01.